The van der Waals surface area contributed by atoms with Crippen LogP contribution in [0.1, 0.15) is 28.7 Å². The van der Waals surface area contributed by atoms with E-state index in [1.165, 1.54) is 12.5 Å². The SMILES string of the molecule is Cc1cc(C)n(C[C@@H](C)Nc2ncncc2C(=O)O)n1. The molecule has 2 heterocycles. The second-order valence-corrected chi connectivity index (χ2v) is 4.74. The van der Waals surface area contributed by atoms with Crippen LogP contribution < -0.4 is 5.32 Å². The molecular formula is C13H17N5O2. The zero-order valence-corrected chi connectivity index (χ0v) is 11.7. The standard InChI is InChI=1S/C13H17N5O2/c1-8-4-10(3)18(17-8)6-9(2)16-12-11(13(19)20)5-14-7-15-12/h4-5,7,9H,6H2,1-3H3,(H,19,20)(H,14,15,16)/t9-/m1/s1. The van der Waals surface area contributed by atoms with Gasteiger partial charge in [0.05, 0.1) is 12.2 Å². The normalized spacial score (nSPS) is 12.2. The number of aryl methyl sites for hydroxylation is 2. The highest BCUT2D eigenvalue weighted by molar-refractivity contribution is 5.92. The van der Waals surface area contributed by atoms with E-state index in [1.54, 1.807) is 0 Å². The third-order valence-electron chi connectivity index (χ3n) is 2.88. The fraction of sp³-hybridized carbons (Fsp3) is 0.385. The smallest absolute Gasteiger partial charge is 0.341 e. The molecule has 7 nitrogen and oxygen atoms in total. The molecule has 0 saturated carbocycles. The number of anilines is 1. The Bertz CT molecular complexity index is 623. The number of carboxylic acids is 1. The number of carbonyl (C=O) groups is 1. The highest BCUT2D eigenvalue weighted by Gasteiger charge is 2.14. The second kappa shape index (κ2) is 5.68. The van der Waals surface area contributed by atoms with Gasteiger partial charge in [-0.3, -0.25) is 4.68 Å². The van der Waals surface area contributed by atoms with Crippen LogP contribution in [0, 0.1) is 13.8 Å². The molecule has 0 fully saturated rings. The lowest BCUT2D eigenvalue weighted by Gasteiger charge is -2.16. The van der Waals surface area contributed by atoms with Gasteiger partial charge in [-0.25, -0.2) is 14.8 Å². The molecule has 0 amide bonds. The second-order valence-electron chi connectivity index (χ2n) is 4.74. The van der Waals surface area contributed by atoms with E-state index in [4.69, 9.17) is 5.11 Å². The number of nitrogens with one attached hydrogen (secondary N) is 1. The first-order valence-corrected chi connectivity index (χ1v) is 6.28. The van der Waals surface area contributed by atoms with Crippen molar-refractivity contribution in [3.63, 3.8) is 0 Å². The van der Waals surface area contributed by atoms with Gasteiger partial charge in [0.25, 0.3) is 0 Å². The summed E-state index contributed by atoms with van der Waals surface area (Å²) < 4.78 is 1.88. The van der Waals surface area contributed by atoms with Crippen LogP contribution in [-0.4, -0.2) is 36.9 Å². The lowest BCUT2D eigenvalue weighted by Crippen LogP contribution is -2.25. The minimum absolute atomic E-state index is 0.0130. The summed E-state index contributed by atoms with van der Waals surface area (Å²) in [6.07, 6.45) is 2.61. The average molecular weight is 275 g/mol. The molecular weight excluding hydrogens is 258 g/mol. The van der Waals surface area contributed by atoms with Crippen LogP contribution in [0.2, 0.25) is 0 Å². The van der Waals surface area contributed by atoms with Gasteiger partial charge in [0.15, 0.2) is 0 Å². The van der Waals surface area contributed by atoms with Gasteiger partial charge in [-0.05, 0) is 26.8 Å². The minimum atomic E-state index is -1.05. The maximum absolute atomic E-state index is 11.1. The van der Waals surface area contributed by atoms with E-state index in [2.05, 4.69) is 20.4 Å². The summed E-state index contributed by atoms with van der Waals surface area (Å²) in [4.78, 5) is 18.8. The van der Waals surface area contributed by atoms with E-state index < -0.39 is 5.97 Å². The number of aromatic nitrogens is 4. The average Bonchev–Trinajstić information content (AvgIpc) is 2.68. The molecule has 0 aliphatic carbocycles. The van der Waals surface area contributed by atoms with Crippen LogP contribution in [0.3, 0.4) is 0 Å². The van der Waals surface area contributed by atoms with Crippen LogP contribution in [-0.2, 0) is 6.54 Å². The van der Waals surface area contributed by atoms with E-state index in [-0.39, 0.29) is 11.6 Å². The van der Waals surface area contributed by atoms with Crippen molar-refractivity contribution in [2.24, 2.45) is 0 Å². The summed E-state index contributed by atoms with van der Waals surface area (Å²) in [5, 5.41) is 16.5. The molecule has 2 aromatic rings. The molecule has 2 aromatic heterocycles. The zero-order valence-electron chi connectivity index (χ0n) is 11.7. The van der Waals surface area contributed by atoms with Gasteiger partial charge in [0.2, 0.25) is 0 Å². The van der Waals surface area contributed by atoms with E-state index in [9.17, 15) is 4.79 Å². The Morgan fingerprint density at radius 3 is 2.85 bits per heavy atom. The van der Waals surface area contributed by atoms with Crippen molar-refractivity contribution in [1.29, 1.82) is 0 Å². The molecule has 20 heavy (non-hydrogen) atoms. The van der Waals surface area contributed by atoms with Gasteiger partial charge < -0.3 is 10.4 Å². The first-order valence-electron chi connectivity index (χ1n) is 6.28. The van der Waals surface area contributed by atoms with Crippen LogP contribution in [0.25, 0.3) is 0 Å². The van der Waals surface area contributed by atoms with Crippen molar-refractivity contribution < 1.29 is 9.90 Å². The Morgan fingerprint density at radius 2 is 2.25 bits per heavy atom. The lowest BCUT2D eigenvalue weighted by molar-refractivity contribution is 0.0697. The van der Waals surface area contributed by atoms with Crippen LogP contribution in [0.5, 0.6) is 0 Å². The van der Waals surface area contributed by atoms with Gasteiger partial charge in [0.1, 0.15) is 17.7 Å². The van der Waals surface area contributed by atoms with Crippen LogP contribution in [0.15, 0.2) is 18.6 Å². The van der Waals surface area contributed by atoms with Crippen LogP contribution in [0.4, 0.5) is 5.82 Å². The molecule has 1 atom stereocenters. The van der Waals surface area contributed by atoms with E-state index in [0.717, 1.165) is 11.4 Å². The van der Waals surface area contributed by atoms with Crippen molar-refractivity contribution in [3.05, 3.63) is 35.5 Å². The van der Waals surface area contributed by atoms with E-state index in [0.29, 0.717) is 12.4 Å². The Labute approximate surface area is 116 Å². The first kappa shape index (κ1) is 14.0. The summed E-state index contributed by atoms with van der Waals surface area (Å²) in [6.45, 7) is 6.50. The first-order chi connectivity index (χ1) is 9.47. The monoisotopic (exact) mass is 275 g/mol. The maximum Gasteiger partial charge on any atom is 0.341 e. The molecule has 2 rings (SSSR count). The molecule has 0 bridgehead atoms. The Morgan fingerprint density at radius 1 is 1.50 bits per heavy atom. The fourth-order valence-corrected chi connectivity index (χ4v) is 2.00. The Hall–Kier alpha value is -2.44. The molecule has 0 aliphatic heterocycles. The van der Waals surface area contributed by atoms with Crippen molar-refractivity contribution >= 4 is 11.8 Å². The highest BCUT2D eigenvalue weighted by atomic mass is 16.4. The number of rotatable bonds is 5. The van der Waals surface area contributed by atoms with Gasteiger partial charge in [-0.2, -0.15) is 5.10 Å². The molecule has 7 heteroatoms. The molecule has 0 saturated heterocycles. The summed E-state index contributed by atoms with van der Waals surface area (Å²) in [5.74, 6) is -0.729. The molecule has 2 N–H and O–H groups in total. The predicted octanol–water partition coefficient (Wildman–Crippen LogP) is 1.49. The summed E-state index contributed by atoms with van der Waals surface area (Å²) in [6, 6.07) is 1.99. The number of aromatic carboxylic acids is 1. The van der Waals surface area contributed by atoms with Crippen molar-refractivity contribution in [2.45, 2.75) is 33.4 Å². The predicted molar refractivity (Wildman–Crippen MR) is 73.8 cm³/mol. The van der Waals surface area contributed by atoms with E-state index >= 15 is 0 Å². The van der Waals surface area contributed by atoms with Gasteiger partial charge >= 0.3 is 5.97 Å². The largest absolute Gasteiger partial charge is 0.477 e. The molecule has 0 aromatic carbocycles. The zero-order chi connectivity index (χ0) is 14.7. The third kappa shape index (κ3) is 3.11. The molecule has 106 valence electrons. The van der Waals surface area contributed by atoms with Crippen molar-refractivity contribution in [3.8, 4) is 0 Å². The number of nitrogens with zero attached hydrogens (tertiary/aromatic N) is 4. The number of hydrogen-bond acceptors (Lipinski definition) is 5. The lowest BCUT2D eigenvalue weighted by atomic mass is 10.2. The van der Waals surface area contributed by atoms with Crippen molar-refractivity contribution in [1.82, 2.24) is 19.7 Å². The molecule has 0 unspecified atom stereocenters. The van der Waals surface area contributed by atoms with Gasteiger partial charge in [0, 0.05) is 17.9 Å². The Kier molecular flexibility index (Phi) is 3.97. The number of carboxylic acid groups (broad SMARTS) is 1. The Balaban J connectivity index is 2.10. The number of hydrogen-bond donors (Lipinski definition) is 2. The minimum Gasteiger partial charge on any atom is -0.477 e. The summed E-state index contributed by atoms with van der Waals surface area (Å²) >= 11 is 0. The van der Waals surface area contributed by atoms with E-state index in [1.807, 2.05) is 31.5 Å². The molecule has 0 radical (unpaired) electrons. The fourth-order valence-electron chi connectivity index (χ4n) is 2.00. The molecule has 0 aliphatic rings. The summed E-state index contributed by atoms with van der Waals surface area (Å²) in [5.41, 5.74) is 2.09. The maximum atomic E-state index is 11.1. The van der Waals surface area contributed by atoms with Gasteiger partial charge in [-0.15, -0.1) is 0 Å². The topological polar surface area (TPSA) is 92.9 Å². The van der Waals surface area contributed by atoms with Crippen molar-refractivity contribution in [2.75, 3.05) is 5.32 Å². The van der Waals surface area contributed by atoms with Gasteiger partial charge in [-0.1, -0.05) is 0 Å². The highest BCUT2D eigenvalue weighted by Crippen LogP contribution is 2.12. The summed E-state index contributed by atoms with van der Waals surface area (Å²) in [7, 11) is 0. The van der Waals surface area contributed by atoms with Crippen LogP contribution >= 0.6 is 0 Å². The quantitative estimate of drug-likeness (QED) is 0.858. The third-order valence-corrected chi connectivity index (χ3v) is 2.88. The molecule has 0 spiro atoms.